The summed E-state index contributed by atoms with van der Waals surface area (Å²) in [6.45, 7) is 7.46. The number of aliphatic imine (C=N–C) groups is 1. The van der Waals surface area contributed by atoms with E-state index in [0.29, 0.717) is 6.61 Å². The number of unbranched alkanes of at least 4 members (excludes halogenated alkanes) is 16. The fourth-order valence-corrected chi connectivity index (χ4v) is 5.90. The van der Waals surface area contributed by atoms with Crippen LogP contribution in [0.15, 0.2) is 53.5 Å². The van der Waals surface area contributed by atoms with Crippen LogP contribution in [0.4, 0.5) is 5.69 Å². The van der Waals surface area contributed by atoms with E-state index in [2.05, 4.69) is 59.3 Å². The number of rotatable bonds is 29. The van der Waals surface area contributed by atoms with Gasteiger partial charge in [0.1, 0.15) is 24.7 Å². The Morgan fingerprint density at radius 1 is 0.489 bits per heavy atom. The highest BCUT2D eigenvalue weighted by Crippen LogP contribution is 2.19. The van der Waals surface area contributed by atoms with Gasteiger partial charge < -0.3 is 18.4 Å². The number of benzene rings is 2. The van der Waals surface area contributed by atoms with Crippen molar-refractivity contribution in [3.8, 4) is 11.5 Å². The second-order valence-corrected chi connectivity index (χ2v) is 15.4. The van der Waals surface area contributed by atoms with Crippen LogP contribution >= 0.6 is 0 Å². The number of ether oxygens (including phenoxy) is 2. The Morgan fingerprint density at radius 3 is 1.40 bits per heavy atom. The monoisotopic (exact) mass is 652 g/mol. The molecule has 5 heteroatoms. The number of hydrogen-bond acceptors (Lipinski definition) is 3. The molecule has 2 aromatic rings. The van der Waals surface area contributed by atoms with Gasteiger partial charge in [0.2, 0.25) is 0 Å². The van der Waals surface area contributed by atoms with Crippen LogP contribution < -0.4 is 9.47 Å². The van der Waals surface area contributed by atoms with Gasteiger partial charge in [0, 0.05) is 6.21 Å². The van der Waals surface area contributed by atoms with Crippen molar-refractivity contribution in [1.29, 1.82) is 0 Å². The maximum Gasteiger partial charge on any atom is 0.137 e. The standard InChI is InChI=1S/C42H73N3O2/c1-7-8-9-10-11-12-13-16-19-22-33-45(5,6)34-23-20-17-14-15-18-21-24-36-46-41-29-25-39(26-30-41)38-43-40-27-31-42(32-28-40)47-37-35-44(2,3)4/h25-32,38H,7-24,33-37H2,1-6H3/q+2. The molecule has 0 atom stereocenters. The molecule has 0 amide bonds. The first-order valence-electron chi connectivity index (χ1n) is 19.3. The molecule has 0 N–H and O–H groups in total. The van der Waals surface area contributed by atoms with E-state index in [1.54, 1.807) is 0 Å². The molecule has 0 saturated carbocycles. The molecule has 0 heterocycles. The molecule has 0 aliphatic carbocycles. The van der Waals surface area contributed by atoms with Gasteiger partial charge in [-0.15, -0.1) is 0 Å². The summed E-state index contributed by atoms with van der Waals surface area (Å²) in [7, 11) is 11.4. The van der Waals surface area contributed by atoms with Crippen LogP contribution in [-0.2, 0) is 0 Å². The highest BCUT2D eigenvalue weighted by molar-refractivity contribution is 5.82. The summed E-state index contributed by atoms with van der Waals surface area (Å²) in [6, 6.07) is 16.2. The molecule has 5 nitrogen and oxygen atoms in total. The van der Waals surface area contributed by atoms with Gasteiger partial charge in [-0.05, 0) is 86.2 Å². The van der Waals surface area contributed by atoms with Crippen LogP contribution in [0.25, 0.3) is 0 Å². The normalized spacial score (nSPS) is 12.2. The average Bonchev–Trinajstić information content (AvgIpc) is 3.04. The van der Waals surface area contributed by atoms with Crippen LogP contribution in [0, 0.1) is 0 Å². The van der Waals surface area contributed by atoms with Gasteiger partial charge in [0.15, 0.2) is 0 Å². The number of hydrogen-bond donors (Lipinski definition) is 0. The van der Waals surface area contributed by atoms with Gasteiger partial charge in [-0.3, -0.25) is 4.99 Å². The van der Waals surface area contributed by atoms with E-state index in [-0.39, 0.29) is 0 Å². The van der Waals surface area contributed by atoms with Crippen LogP contribution in [0.1, 0.15) is 128 Å². The summed E-state index contributed by atoms with van der Waals surface area (Å²) in [4.78, 5) is 4.61. The van der Waals surface area contributed by atoms with Crippen molar-refractivity contribution in [2.75, 3.05) is 68.1 Å². The molecule has 0 unspecified atom stereocenters. The first kappa shape index (κ1) is 40.8. The van der Waals surface area contributed by atoms with Gasteiger partial charge in [-0.25, -0.2) is 0 Å². The lowest BCUT2D eigenvalue weighted by molar-refractivity contribution is -0.890. The van der Waals surface area contributed by atoms with Crippen molar-refractivity contribution < 1.29 is 18.4 Å². The zero-order chi connectivity index (χ0) is 34.1. The topological polar surface area (TPSA) is 30.8 Å². The van der Waals surface area contributed by atoms with Crippen molar-refractivity contribution in [3.63, 3.8) is 0 Å². The van der Waals surface area contributed by atoms with Crippen molar-refractivity contribution in [2.24, 2.45) is 4.99 Å². The van der Waals surface area contributed by atoms with E-state index in [1.165, 1.54) is 127 Å². The van der Waals surface area contributed by atoms with Crippen molar-refractivity contribution >= 4 is 11.9 Å². The first-order chi connectivity index (χ1) is 22.7. The predicted molar refractivity (Wildman–Crippen MR) is 205 cm³/mol. The molecule has 266 valence electrons. The molecule has 0 aliphatic rings. The van der Waals surface area contributed by atoms with Gasteiger partial charge in [0.05, 0.1) is 60.6 Å². The highest BCUT2D eigenvalue weighted by atomic mass is 16.5. The van der Waals surface area contributed by atoms with E-state index < -0.39 is 0 Å². The molecule has 2 rings (SSSR count). The molecular weight excluding hydrogens is 578 g/mol. The average molecular weight is 652 g/mol. The third kappa shape index (κ3) is 22.8. The summed E-state index contributed by atoms with van der Waals surface area (Å²) < 4.78 is 13.9. The summed E-state index contributed by atoms with van der Waals surface area (Å²) in [5.74, 6) is 1.82. The predicted octanol–water partition coefficient (Wildman–Crippen LogP) is 11.0. The lowest BCUT2D eigenvalue weighted by atomic mass is 10.1. The maximum atomic E-state index is 5.99. The molecular formula is C42H73N3O2+2. The molecule has 0 bridgehead atoms. The second kappa shape index (κ2) is 24.7. The zero-order valence-corrected chi connectivity index (χ0v) is 31.6. The third-order valence-corrected chi connectivity index (χ3v) is 9.15. The summed E-state index contributed by atoms with van der Waals surface area (Å²) >= 11 is 0. The minimum Gasteiger partial charge on any atom is -0.494 e. The zero-order valence-electron chi connectivity index (χ0n) is 31.6. The highest BCUT2D eigenvalue weighted by Gasteiger charge is 2.13. The molecule has 47 heavy (non-hydrogen) atoms. The number of likely N-dealkylation sites (N-methyl/N-ethyl adjacent to an activating group) is 1. The molecule has 0 aliphatic heterocycles. The van der Waals surface area contributed by atoms with Gasteiger partial charge in [0.25, 0.3) is 0 Å². The second-order valence-electron chi connectivity index (χ2n) is 15.4. The molecule has 2 aromatic carbocycles. The Hall–Kier alpha value is -2.37. The van der Waals surface area contributed by atoms with Crippen molar-refractivity contribution in [2.45, 2.75) is 122 Å². The van der Waals surface area contributed by atoms with Gasteiger partial charge >= 0.3 is 0 Å². The summed E-state index contributed by atoms with van der Waals surface area (Å²) in [6.07, 6.45) is 26.8. The van der Waals surface area contributed by atoms with Crippen LogP contribution in [0.5, 0.6) is 11.5 Å². The van der Waals surface area contributed by atoms with Crippen molar-refractivity contribution in [3.05, 3.63) is 54.1 Å². The maximum absolute atomic E-state index is 5.99. The lowest BCUT2D eigenvalue weighted by Gasteiger charge is -2.30. The molecule has 0 fully saturated rings. The first-order valence-corrected chi connectivity index (χ1v) is 19.3. The fourth-order valence-electron chi connectivity index (χ4n) is 5.90. The van der Waals surface area contributed by atoms with E-state index in [1.807, 2.05) is 42.6 Å². The summed E-state index contributed by atoms with van der Waals surface area (Å²) in [5.41, 5.74) is 1.99. The van der Waals surface area contributed by atoms with Crippen LogP contribution in [0.3, 0.4) is 0 Å². The Kier molecular flexibility index (Phi) is 21.5. The van der Waals surface area contributed by atoms with Crippen LogP contribution in [0.2, 0.25) is 0 Å². The van der Waals surface area contributed by atoms with Gasteiger partial charge in [-0.2, -0.15) is 0 Å². The summed E-state index contributed by atoms with van der Waals surface area (Å²) in [5, 5.41) is 0. The lowest BCUT2D eigenvalue weighted by Crippen LogP contribution is -2.41. The number of quaternary nitrogens is 2. The van der Waals surface area contributed by atoms with E-state index >= 15 is 0 Å². The minimum atomic E-state index is 0.707. The Bertz CT molecular complexity index is 1040. The Morgan fingerprint density at radius 2 is 0.915 bits per heavy atom. The largest absolute Gasteiger partial charge is 0.494 e. The third-order valence-electron chi connectivity index (χ3n) is 9.15. The van der Waals surface area contributed by atoms with E-state index in [0.717, 1.165) is 46.8 Å². The smallest absolute Gasteiger partial charge is 0.137 e. The van der Waals surface area contributed by atoms with Crippen LogP contribution in [-0.4, -0.2) is 83.3 Å². The SMILES string of the molecule is CCCCCCCCCCCC[N+](C)(C)CCCCCCCCCCOc1ccc(C=Nc2ccc(OCC[N+](C)(C)C)cc2)cc1. The molecule has 0 radical (unpaired) electrons. The number of nitrogens with zero attached hydrogens (tertiary/aromatic N) is 3. The van der Waals surface area contributed by atoms with Gasteiger partial charge in [-0.1, -0.05) is 90.4 Å². The Labute approximate surface area is 290 Å². The molecule has 0 aromatic heterocycles. The quantitative estimate of drug-likeness (QED) is 0.0498. The van der Waals surface area contributed by atoms with E-state index in [4.69, 9.17) is 9.47 Å². The molecule has 0 spiro atoms. The Balaban J connectivity index is 1.42. The fraction of sp³-hybridized carbons (Fsp3) is 0.690. The van der Waals surface area contributed by atoms with E-state index in [9.17, 15) is 0 Å². The molecule has 0 saturated heterocycles. The van der Waals surface area contributed by atoms with Crippen molar-refractivity contribution in [1.82, 2.24) is 0 Å². The minimum absolute atomic E-state index is 0.707.